The largest absolute Gasteiger partial charge is 0.330 e. The van der Waals surface area contributed by atoms with Crippen LogP contribution in [0.15, 0.2) is 30.3 Å². The molecule has 1 aromatic carbocycles. The third-order valence-corrected chi connectivity index (χ3v) is 3.60. The molecule has 2 aromatic rings. The molecular formula is C17H25N3. The summed E-state index contributed by atoms with van der Waals surface area (Å²) in [5.41, 5.74) is 9.41. The van der Waals surface area contributed by atoms with Crippen molar-refractivity contribution in [3.8, 4) is 0 Å². The summed E-state index contributed by atoms with van der Waals surface area (Å²) in [6.45, 7) is 9.07. The van der Waals surface area contributed by atoms with E-state index >= 15 is 0 Å². The summed E-state index contributed by atoms with van der Waals surface area (Å²) < 4.78 is 0. The first-order valence-corrected chi connectivity index (χ1v) is 7.14. The second-order valence-corrected chi connectivity index (χ2v) is 6.52. The van der Waals surface area contributed by atoms with E-state index in [-0.39, 0.29) is 5.41 Å². The van der Waals surface area contributed by atoms with Gasteiger partial charge in [-0.15, -0.1) is 0 Å². The van der Waals surface area contributed by atoms with Gasteiger partial charge >= 0.3 is 0 Å². The van der Waals surface area contributed by atoms with E-state index in [1.807, 2.05) is 6.92 Å². The summed E-state index contributed by atoms with van der Waals surface area (Å²) in [7, 11) is 2.15. The maximum Gasteiger partial charge on any atom is 0.0705 e. The molecule has 0 unspecified atom stereocenters. The summed E-state index contributed by atoms with van der Waals surface area (Å²) in [6.07, 6.45) is 0. The van der Waals surface area contributed by atoms with Crippen molar-refractivity contribution >= 4 is 10.9 Å². The summed E-state index contributed by atoms with van der Waals surface area (Å²) >= 11 is 0. The predicted molar refractivity (Wildman–Crippen MR) is 85.6 cm³/mol. The van der Waals surface area contributed by atoms with Crippen LogP contribution in [0.3, 0.4) is 0 Å². The molecule has 0 fully saturated rings. The number of nitrogens with two attached hydrogens (primary N) is 1. The van der Waals surface area contributed by atoms with Crippen LogP contribution in [0.4, 0.5) is 0 Å². The van der Waals surface area contributed by atoms with Crippen LogP contribution < -0.4 is 5.73 Å². The van der Waals surface area contributed by atoms with Crippen LogP contribution in [-0.2, 0) is 6.54 Å². The standard InChI is InChI=1S/C17H25N3/c1-13-5-7-15-9-14(6-8-16(15)19-13)10-20(4)12-17(2,3)11-18/h5-9H,10-12,18H2,1-4H3. The van der Waals surface area contributed by atoms with Crippen molar-refractivity contribution in [2.24, 2.45) is 11.1 Å². The highest BCUT2D eigenvalue weighted by Crippen LogP contribution is 2.18. The van der Waals surface area contributed by atoms with Gasteiger partial charge < -0.3 is 10.6 Å². The Hall–Kier alpha value is -1.45. The number of nitrogens with zero attached hydrogens (tertiary/aromatic N) is 2. The number of benzene rings is 1. The molecule has 0 spiro atoms. The quantitative estimate of drug-likeness (QED) is 0.909. The van der Waals surface area contributed by atoms with E-state index in [1.54, 1.807) is 0 Å². The lowest BCUT2D eigenvalue weighted by Gasteiger charge is -2.29. The van der Waals surface area contributed by atoms with Crippen LogP contribution in [0.25, 0.3) is 10.9 Å². The van der Waals surface area contributed by atoms with E-state index in [4.69, 9.17) is 5.73 Å². The molecule has 2 N–H and O–H groups in total. The highest BCUT2D eigenvalue weighted by atomic mass is 15.1. The highest BCUT2D eigenvalue weighted by molar-refractivity contribution is 5.79. The fourth-order valence-electron chi connectivity index (χ4n) is 2.54. The Bertz CT molecular complexity index is 590. The zero-order valence-electron chi connectivity index (χ0n) is 13.0. The van der Waals surface area contributed by atoms with Gasteiger partial charge in [0.1, 0.15) is 0 Å². The molecule has 0 aliphatic heterocycles. The van der Waals surface area contributed by atoms with Crippen LogP contribution in [-0.4, -0.2) is 30.0 Å². The van der Waals surface area contributed by atoms with Crippen molar-refractivity contribution in [3.63, 3.8) is 0 Å². The van der Waals surface area contributed by atoms with E-state index in [0.717, 1.165) is 24.3 Å². The fraction of sp³-hybridized carbons (Fsp3) is 0.471. The Kier molecular flexibility index (Phi) is 4.41. The van der Waals surface area contributed by atoms with Gasteiger partial charge in [0.2, 0.25) is 0 Å². The van der Waals surface area contributed by atoms with Gasteiger partial charge in [-0.1, -0.05) is 26.0 Å². The third kappa shape index (κ3) is 3.78. The zero-order chi connectivity index (χ0) is 14.8. The smallest absolute Gasteiger partial charge is 0.0705 e. The highest BCUT2D eigenvalue weighted by Gasteiger charge is 2.18. The molecule has 3 heteroatoms. The van der Waals surface area contributed by atoms with Crippen molar-refractivity contribution in [1.29, 1.82) is 0 Å². The molecule has 0 atom stereocenters. The van der Waals surface area contributed by atoms with Crippen molar-refractivity contribution in [3.05, 3.63) is 41.6 Å². The van der Waals surface area contributed by atoms with E-state index in [1.165, 1.54) is 10.9 Å². The second-order valence-electron chi connectivity index (χ2n) is 6.52. The number of rotatable bonds is 5. The van der Waals surface area contributed by atoms with Crippen LogP contribution >= 0.6 is 0 Å². The first-order chi connectivity index (χ1) is 9.39. The van der Waals surface area contributed by atoms with Gasteiger partial charge in [0.25, 0.3) is 0 Å². The molecule has 0 saturated carbocycles. The SMILES string of the molecule is Cc1ccc2cc(CN(C)CC(C)(C)CN)ccc2n1. The molecule has 0 radical (unpaired) electrons. The average molecular weight is 271 g/mol. The Morgan fingerprint density at radius 2 is 1.95 bits per heavy atom. The Morgan fingerprint density at radius 3 is 2.65 bits per heavy atom. The van der Waals surface area contributed by atoms with Crippen molar-refractivity contribution in [2.75, 3.05) is 20.1 Å². The van der Waals surface area contributed by atoms with Crippen LogP contribution in [0, 0.1) is 12.3 Å². The van der Waals surface area contributed by atoms with Crippen LogP contribution in [0.2, 0.25) is 0 Å². The monoisotopic (exact) mass is 271 g/mol. The van der Waals surface area contributed by atoms with Gasteiger partial charge in [-0.25, -0.2) is 0 Å². The van der Waals surface area contributed by atoms with E-state index in [2.05, 4.69) is 61.1 Å². The minimum atomic E-state index is 0.157. The molecule has 0 bridgehead atoms. The molecule has 0 aliphatic rings. The normalized spacial score (nSPS) is 12.3. The summed E-state index contributed by atoms with van der Waals surface area (Å²) in [5.74, 6) is 0. The Balaban J connectivity index is 2.12. The molecule has 2 rings (SSSR count). The summed E-state index contributed by atoms with van der Waals surface area (Å²) in [5, 5.41) is 1.21. The molecular weight excluding hydrogens is 246 g/mol. The first-order valence-electron chi connectivity index (χ1n) is 7.14. The van der Waals surface area contributed by atoms with Crippen molar-refractivity contribution in [1.82, 2.24) is 9.88 Å². The topological polar surface area (TPSA) is 42.1 Å². The van der Waals surface area contributed by atoms with Gasteiger partial charge in [0.15, 0.2) is 0 Å². The van der Waals surface area contributed by atoms with Crippen LogP contribution in [0.1, 0.15) is 25.1 Å². The molecule has 1 heterocycles. The number of aromatic nitrogens is 1. The van der Waals surface area contributed by atoms with Crippen molar-refractivity contribution in [2.45, 2.75) is 27.3 Å². The maximum atomic E-state index is 5.80. The third-order valence-electron chi connectivity index (χ3n) is 3.60. The van der Waals surface area contributed by atoms with Crippen LogP contribution in [0.5, 0.6) is 0 Å². The molecule has 0 amide bonds. The Labute approximate surface area is 121 Å². The molecule has 0 saturated heterocycles. The first kappa shape index (κ1) is 14.9. The number of hydrogen-bond donors (Lipinski definition) is 1. The van der Waals surface area contributed by atoms with Crippen molar-refractivity contribution < 1.29 is 0 Å². The number of fused-ring (bicyclic) bond motifs is 1. The van der Waals surface area contributed by atoms with Gasteiger partial charge in [-0.3, -0.25) is 4.98 Å². The van der Waals surface area contributed by atoms with E-state index < -0.39 is 0 Å². The number of pyridine rings is 1. The minimum Gasteiger partial charge on any atom is -0.330 e. The summed E-state index contributed by atoms with van der Waals surface area (Å²) in [4.78, 5) is 6.87. The fourth-order valence-corrected chi connectivity index (χ4v) is 2.54. The molecule has 1 aromatic heterocycles. The predicted octanol–water partition coefficient (Wildman–Crippen LogP) is 2.96. The molecule has 20 heavy (non-hydrogen) atoms. The average Bonchev–Trinajstić information content (AvgIpc) is 2.38. The number of aryl methyl sites for hydroxylation is 1. The molecule has 108 valence electrons. The van der Waals surface area contributed by atoms with E-state index in [9.17, 15) is 0 Å². The zero-order valence-corrected chi connectivity index (χ0v) is 13.0. The van der Waals surface area contributed by atoms with E-state index in [0.29, 0.717) is 6.54 Å². The maximum absolute atomic E-state index is 5.80. The van der Waals surface area contributed by atoms with Gasteiger partial charge in [-0.05, 0) is 49.7 Å². The van der Waals surface area contributed by atoms with Gasteiger partial charge in [-0.2, -0.15) is 0 Å². The minimum absolute atomic E-state index is 0.157. The summed E-state index contributed by atoms with van der Waals surface area (Å²) in [6, 6.07) is 10.7. The van der Waals surface area contributed by atoms with Gasteiger partial charge in [0.05, 0.1) is 5.52 Å². The lowest BCUT2D eigenvalue weighted by Crippen LogP contribution is -2.36. The lowest BCUT2D eigenvalue weighted by molar-refractivity contribution is 0.210. The second kappa shape index (κ2) is 5.90. The number of hydrogen-bond acceptors (Lipinski definition) is 3. The van der Waals surface area contributed by atoms with Gasteiger partial charge in [0, 0.05) is 24.2 Å². The molecule has 3 nitrogen and oxygen atoms in total. The molecule has 0 aliphatic carbocycles. The lowest BCUT2D eigenvalue weighted by atomic mass is 9.93. The Morgan fingerprint density at radius 1 is 1.20 bits per heavy atom.